The molecule has 0 spiro atoms. The maximum Gasteiger partial charge on any atom is 0.211 e. The molecule has 4 aromatic heterocycles. The summed E-state index contributed by atoms with van der Waals surface area (Å²) in [5.74, 6) is 0.484. The van der Waals surface area contributed by atoms with E-state index in [1.807, 2.05) is 45.5 Å². The first-order valence-electron chi connectivity index (χ1n) is 8.04. The topological polar surface area (TPSA) is 71.9 Å². The lowest BCUT2D eigenvalue weighted by molar-refractivity contribution is 0.276. The molecule has 0 aliphatic heterocycles. The average molecular weight is 676 g/mol. The summed E-state index contributed by atoms with van der Waals surface area (Å²) in [4.78, 5) is 8.37. The first kappa shape index (κ1) is 28.9. The number of aromatic nitrogens is 4. The maximum atomic E-state index is 9.09. The molecule has 4 rings (SSSR count). The van der Waals surface area contributed by atoms with Crippen LogP contribution in [-0.2, 0) is 21.7 Å². The molecule has 0 saturated heterocycles. The van der Waals surface area contributed by atoms with E-state index in [1.54, 1.807) is 12.4 Å². The number of hydrogen-bond acceptors (Lipinski definition) is 4. The van der Waals surface area contributed by atoms with Gasteiger partial charge in [0.2, 0.25) is 9.23 Å². The van der Waals surface area contributed by atoms with Gasteiger partial charge in [-0.05, 0) is 56.1 Å². The van der Waals surface area contributed by atoms with Crippen molar-refractivity contribution in [3.05, 3.63) is 69.4 Å². The van der Waals surface area contributed by atoms with E-state index >= 15 is 0 Å². The Morgan fingerprint density at radius 2 is 1.29 bits per heavy atom. The second kappa shape index (κ2) is 15.7. The molecule has 0 amide bonds. The Labute approximate surface area is 222 Å². The minimum Gasteiger partial charge on any atom is -0.390 e. The van der Waals surface area contributed by atoms with Gasteiger partial charge in [0.15, 0.2) is 11.3 Å². The van der Waals surface area contributed by atoms with E-state index in [1.165, 1.54) is 0 Å². The van der Waals surface area contributed by atoms with Crippen LogP contribution in [0.2, 0.25) is 0 Å². The molecule has 4 aromatic rings. The zero-order chi connectivity index (χ0) is 23.4. The molecular formula is C17H15Br2Cl5N4O2S. The van der Waals surface area contributed by atoms with E-state index < -0.39 is 9.23 Å². The van der Waals surface area contributed by atoms with E-state index in [0.29, 0.717) is 5.88 Å². The Balaban J connectivity index is 0.000000240. The molecule has 4 heterocycles. The van der Waals surface area contributed by atoms with Gasteiger partial charge in [-0.1, -0.05) is 0 Å². The highest BCUT2D eigenvalue weighted by molar-refractivity contribution is 9.11. The van der Waals surface area contributed by atoms with Crippen molar-refractivity contribution in [2.45, 2.75) is 12.5 Å². The molecule has 170 valence electrons. The summed E-state index contributed by atoms with van der Waals surface area (Å²) in [6, 6.07) is 7.73. The zero-order valence-corrected chi connectivity index (χ0v) is 23.2. The number of pyridine rings is 2. The lowest BCUT2D eigenvalue weighted by Crippen LogP contribution is -1.91. The summed E-state index contributed by atoms with van der Waals surface area (Å²) in [6.45, 7) is 0.0115. The monoisotopic (exact) mass is 672 g/mol. The van der Waals surface area contributed by atoms with Gasteiger partial charge in [0.1, 0.15) is 0 Å². The Bertz CT molecular complexity index is 1030. The first-order valence-corrected chi connectivity index (χ1v) is 14.0. The fourth-order valence-electron chi connectivity index (χ4n) is 2.27. The van der Waals surface area contributed by atoms with Crippen molar-refractivity contribution in [2.24, 2.45) is 0 Å². The summed E-state index contributed by atoms with van der Waals surface area (Å²) in [5.41, 5.74) is 3.55. The zero-order valence-electron chi connectivity index (χ0n) is 15.4. The van der Waals surface area contributed by atoms with Gasteiger partial charge in [0, 0.05) is 33.8 Å². The van der Waals surface area contributed by atoms with Crippen LogP contribution in [0, 0.1) is 0 Å². The smallest absolute Gasteiger partial charge is 0.211 e. The third kappa shape index (κ3) is 9.35. The molecule has 0 bridgehead atoms. The van der Waals surface area contributed by atoms with Gasteiger partial charge < -0.3 is 13.9 Å². The summed E-state index contributed by atoms with van der Waals surface area (Å²) in [6.07, 6.45) is 7.27. The van der Waals surface area contributed by atoms with Crippen LogP contribution >= 0.6 is 88.0 Å². The Morgan fingerprint density at radius 1 is 0.903 bits per heavy atom. The SMILES string of the molecule is ClCCl.ClCc1cnc2c(Br)cccn12.O=S(Cl)Cl.OCc1cnc2c(Br)cccn12. The van der Waals surface area contributed by atoms with E-state index in [2.05, 4.69) is 63.2 Å². The predicted octanol–water partition coefficient (Wildman–Crippen LogP) is 6.89. The molecule has 1 N–H and O–H groups in total. The van der Waals surface area contributed by atoms with Crippen molar-refractivity contribution >= 4 is 109 Å². The molecule has 0 atom stereocenters. The number of hydrogen-bond donors (Lipinski definition) is 1. The Kier molecular flexibility index (Phi) is 14.6. The van der Waals surface area contributed by atoms with Gasteiger partial charge in [0.05, 0.1) is 50.6 Å². The third-order valence-corrected chi connectivity index (χ3v) is 4.94. The van der Waals surface area contributed by atoms with Gasteiger partial charge >= 0.3 is 0 Å². The molecule has 0 aliphatic rings. The van der Waals surface area contributed by atoms with E-state index in [4.69, 9.17) is 44.1 Å². The Hall–Kier alpha value is -0.100. The molecule has 0 aliphatic carbocycles. The quantitative estimate of drug-likeness (QED) is 0.186. The highest BCUT2D eigenvalue weighted by Crippen LogP contribution is 2.18. The Morgan fingerprint density at radius 3 is 1.68 bits per heavy atom. The maximum absolute atomic E-state index is 9.09. The summed E-state index contributed by atoms with van der Waals surface area (Å²) >= 11 is 22.0. The molecule has 0 unspecified atom stereocenters. The molecule has 31 heavy (non-hydrogen) atoms. The number of rotatable bonds is 2. The van der Waals surface area contributed by atoms with Crippen molar-refractivity contribution in [3.8, 4) is 0 Å². The van der Waals surface area contributed by atoms with E-state index in [0.717, 1.165) is 31.6 Å². The second-order valence-corrected chi connectivity index (χ2v) is 10.5. The van der Waals surface area contributed by atoms with Gasteiger partial charge in [-0.15, -0.1) is 34.8 Å². The van der Waals surface area contributed by atoms with Crippen molar-refractivity contribution in [1.82, 2.24) is 18.8 Å². The lowest BCUT2D eigenvalue weighted by atomic mass is 10.4. The predicted molar refractivity (Wildman–Crippen MR) is 138 cm³/mol. The van der Waals surface area contributed by atoms with Gasteiger partial charge in [0.25, 0.3) is 0 Å². The standard InChI is InChI=1S/C8H6BrClN2.C8H7BrN2O.CH2Cl2.Cl2OS/c9-7-2-1-3-12-6(4-10)5-11-8(7)12;9-7-2-1-3-11-6(5-12)4-10-8(7)11;2-1-3;1-4(2)3/h1-3,5H,4H2;1-4,12H,5H2;1H2;. The lowest BCUT2D eigenvalue weighted by Gasteiger charge is -1.97. The number of imidazole rings is 2. The van der Waals surface area contributed by atoms with E-state index in [9.17, 15) is 0 Å². The number of aliphatic hydroxyl groups is 1. The minimum absolute atomic E-state index is 0.0115. The van der Waals surface area contributed by atoms with Crippen LogP contribution in [0.15, 0.2) is 58.0 Å². The van der Waals surface area contributed by atoms with Crippen LogP contribution in [0.3, 0.4) is 0 Å². The molecule has 0 radical (unpaired) electrons. The normalized spacial score (nSPS) is 10.1. The molecule has 0 aromatic carbocycles. The van der Waals surface area contributed by atoms with Crippen molar-refractivity contribution in [2.75, 3.05) is 5.34 Å². The highest BCUT2D eigenvalue weighted by Gasteiger charge is 2.04. The number of aliphatic hydroxyl groups excluding tert-OH is 1. The molecule has 14 heteroatoms. The first-order chi connectivity index (χ1) is 14.8. The number of alkyl halides is 3. The molecular weight excluding hydrogens is 661 g/mol. The van der Waals surface area contributed by atoms with Gasteiger partial charge in [-0.2, -0.15) is 0 Å². The molecule has 6 nitrogen and oxygen atoms in total. The van der Waals surface area contributed by atoms with Crippen LogP contribution in [0.25, 0.3) is 11.3 Å². The molecule has 0 saturated carbocycles. The van der Waals surface area contributed by atoms with Gasteiger partial charge in [-0.3, -0.25) is 0 Å². The average Bonchev–Trinajstić information content (AvgIpc) is 3.34. The second-order valence-electron chi connectivity index (χ2n) is 5.18. The van der Waals surface area contributed by atoms with Crippen LogP contribution in [0.5, 0.6) is 0 Å². The van der Waals surface area contributed by atoms with Crippen LogP contribution in [0.1, 0.15) is 11.4 Å². The number of fused-ring (bicyclic) bond motifs is 2. The van der Waals surface area contributed by atoms with Crippen LogP contribution in [0.4, 0.5) is 0 Å². The highest BCUT2D eigenvalue weighted by atomic mass is 79.9. The fraction of sp³-hybridized carbons (Fsp3) is 0.176. The molecule has 0 fully saturated rings. The largest absolute Gasteiger partial charge is 0.390 e. The number of nitrogens with zero attached hydrogens (tertiary/aromatic N) is 4. The number of halogens is 7. The third-order valence-electron chi connectivity index (χ3n) is 3.43. The summed E-state index contributed by atoms with van der Waals surface area (Å²) in [5, 5.41) is 9.13. The van der Waals surface area contributed by atoms with Crippen molar-refractivity contribution < 1.29 is 9.32 Å². The fourth-order valence-corrected chi connectivity index (χ4v) is 3.36. The van der Waals surface area contributed by atoms with Crippen LogP contribution in [-0.4, -0.2) is 33.4 Å². The van der Waals surface area contributed by atoms with Gasteiger partial charge in [-0.25, -0.2) is 14.2 Å². The summed E-state index contributed by atoms with van der Waals surface area (Å²) < 4.78 is 14.8. The van der Waals surface area contributed by atoms with E-state index in [-0.39, 0.29) is 11.9 Å². The van der Waals surface area contributed by atoms with Crippen molar-refractivity contribution in [3.63, 3.8) is 0 Å². The minimum atomic E-state index is -1.67. The van der Waals surface area contributed by atoms with Crippen LogP contribution < -0.4 is 0 Å². The van der Waals surface area contributed by atoms with Crippen molar-refractivity contribution in [1.29, 1.82) is 0 Å². The summed E-state index contributed by atoms with van der Waals surface area (Å²) in [7, 11) is 7.36.